The predicted molar refractivity (Wildman–Crippen MR) is 71.3 cm³/mol. The number of carbonyl (C=O) groups is 1. The molecule has 0 spiro atoms. The number of hydrogen-bond donors (Lipinski definition) is 0. The molecule has 0 aliphatic carbocycles. The number of rotatable bonds is 6. The van der Waals surface area contributed by atoms with Crippen molar-refractivity contribution < 1.29 is 14.3 Å². The highest BCUT2D eigenvalue weighted by Gasteiger charge is 2.07. The van der Waals surface area contributed by atoms with Crippen LogP contribution in [-0.4, -0.2) is 19.5 Å². The summed E-state index contributed by atoms with van der Waals surface area (Å²) in [5, 5.41) is 1.99. The quantitative estimate of drug-likeness (QED) is 0.750. The second kappa shape index (κ2) is 6.33. The van der Waals surface area contributed by atoms with Crippen molar-refractivity contribution in [1.29, 1.82) is 0 Å². The minimum Gasteiger partial charge on any atom is -0.497 e. The number of hydrogen-bond acceptors (Lipinski definition) is 4. The molecule has 0 aliphatic heterocycles. The molecule has 0 saturated carbocycles. The standard InChI is InChI=1S/C14H14O3S/c1-16-12-5-2-4-11(8-12)14(15)10-17-9-13-6-3-7-18-13/h2-8H,9-10H2,1H3. The fourth-order valence-corrected chi connectivity index (χ4v) is 2.16. The highest BCUT2D eigenvalue weighted by atomic mass is 32.1. The number of thiophene rings is 1. The van der Waals surface area contributed by atoms with E-state index < -0.39 is 0 Å². The van der Waals surface area contributed by atoms with Crippen molar-refractivity contribution in [2.45, 2.75) is 6.61 Å². The molecule has 0 N–H and O–H groups in total. The van der Waals surface area contributed by atoms with Crippen LogP contribution in [0.2, 0.25) is 0 Å². The molecular weight excluding hydrogens is 248 g/mol. The number of Topliss-reactive ketones (excluding diaryl/α,β-unsaturated/α-hetero) is 1. The van der Waals surface area contributed by atoms with E-state index in [1.165, 1.54) is 0 Å². The molecule has 0 aliphatic rings. The molecule has 18 heavy (non-hydrogen) atoms. The Morgan fingerprint density at radius 1 is 1.28 bits per heavy atom. The molecule has 3 nitrogen and oxygen atoms in total. The average molecular weight is 262 g/mol. The molecule has 1 aromatic heterocycles. The Balaban J connectivity index is 1.87. The summed E-state index contributed by atoms with van der Waals surface area (Å²) < 4.78 is 10.5. The van der Waals surface area contributed by atoms with E-state index in [1.54, 1.807) is 36.6 Å². The molecular formula is C14H14O3S. The summed E-state index contributed by atoms with van der Waals surface area (Å²) >= 11 is 1.62. The van der Waals surface area contributed by atoms with Crippen molar-refractivity contribution in [3.8, 4) is 5.75 Å². The summed E-state index contributed by atoms with van der Waals surface area (Å²) in [5.41, 5.74) is 0.612. The molecule has 0 amide bonds. The molecule has 4 heteroatoms. The molecule has 2 rings (SSSR count). The highest BCUT2D eigenvalue weighted by Crippen LogP contribution is 2.14. The Labute approximate surface area is 110 Å². The van der Waals surface area contributed by atoms with E-state index in [-0.39, 0.29) is 12.4 Å². The van der Waals surface area contributed by atoms with Crippen LogP contribution in [0.25, 0.3) is 0 Å². The normalized spacial score (nSPS) is 10.3. The Kier molecular flexibility index (Phi) is 4.50. The fraction of sp³-hybridized carbons (Fsp3) is 0.214. The van der Waals surface area contributed by atoms with Gasteiger partial charge < -0.3 is 9.47 Å². The van der Waals surface area contributed by atoms with Crippen LogP contribution in [0, 0.1) is 0 Å². The van der Waals surface area contributed by atoms with Crippen molar-refractivity contribution in [3.05, 3.63) is 52.2 Å². The maximum atomic E-state index is 11.9. The molecule has 2 aromatic rings. The molecule has 1 heterocycles. The number of ether oxygens (including phenoxy) is 2. The largest absolute Gasteiger partial charge is 0.497 e. The lowest BCUT2D eigenvalue weighted by Crippen LogP contribution is -2.08. The van der Waals surface area contributed by atoms with Crippen molar-refractivity contribution in [2.24, 2.45) is 0 Å². The van der Waals surface area contributed by atoms with Crippen molar-refractivity contribution >= 4 is 17.1 Å². The summed E-state index contributed by atoms with van der Waals surface area (Å²) in [7, 11) is 1.58. The third-order valence-corrected chi connectivity index (χ3v) is 3.30. The zero-order valence-corrected chi connectivity index (χ0v) is 10.9. The second-order valence-electron chi connectivity index (χ2n) is 3.73. The fourth-order valence-electron chi connectivity index (χ4n) is 1.52. The van der Waals surface area contributed by atoms with Crippen molar-refractivity contribution in [1.82, 2.24) is 0 Å². The zero-order chi connectivity index (χ0) is 12.8. The van der Waals surface area contributed by atoms with Gasteiger partial charge in [0.25, 0.3) is 0 Å². The first-order valence-corrected chi connectivity index (χ1v) is 6.45. The van der Waals surface area contributed by atoms with E-state index in [9.17, 15) is 4.79 Å². The Morgan fingerprint density at radius 3 is 2.89 bits per heavy atom. The van der Waals surface area contributed by atoms with Crippen molar-refractivity contribution in [2.75, 3.05) is 13.7 Å². The third kappa shape index (κ3) is 3.42. The molecule has 0 radical (unpaired) electrons. The Bertz CT molecular complexity index is 506. The van der Waals surface area contributed by atoms with E-state index in [0.29, 0.717) is 17.9 Å². The summed E-state index contributed by atoms with van der Waals surface area (Å²) in [6, 6.07) is 11.0. The summed E-state index contributed by atoms with van der Waals surface area (Å²) in [5.74, 6) is 0.643. The molecule has 94 valence electrons. The van der Waals surface area contributed by atoms with Crippen LogP contribution in [0.15, 0.2) is 41.8 Å². The number of methoxy groups -OCH3 is 1. The lowest BCUT2D eigenvalue weighted by atomic mass is 10.1. The lowest BCUT2D eigenvalue weighted by Gasteiger charge is -2.04. The van der Waals surface area contributed by atoms with Gasteiger partial charge in [0.1, 0.15) is 12.4 Å². The lowest BCUT2D eigenvalue weighted by molar-refractivity contribution is 0.0731. The molecule has 0 saturated heterocycles. The zero-order valence-electron chi connectivity index (χ0n) is 10.1. The molecule has 1 aromatic carbocycles. The minimum absolute atomic E-state index is 0.0366. The van der Waals surface area contributed by atoms with Crippen LogP contribution in [-0.2, 0) is 11.3 Å². The van der Waals surface area contributed by atoms with Crippen molar-refractivity contribution in [3.63, 3.8) is 0 Å². The Hall–Kier alpha value is -1.65. The minimum atomic E-state index is -0.0366. The number of carbonyl (C=O) groups excluding carboxylic acids is 1. The maximum Gasteiger partial charge on any atom is 0.188 e. The van der Waals surface area contributed by atoms with Crippen LogP contribution in [0.3, 0.4) is 0 Å². The van der Waals surface area contributed by atoms with E-state index in [1.807, 2.05) is 23.6 Å². The van der Waals surface area contributed by atoms with Gasteiger partial charge in [-0.15, -0.1) is 11.3 Å². The molecule has 0 bridgehead atoms. The van der Waals surface area contributed by atoms with E-state index in [0.717, 1.165) is 4.88 Å². The van der Waals surface area contributed by atoms with Gasteiger partial charge in [0, 0.05) is 10.4 Å². The second-order valence-corrected chi connectivity index (χ2v) is 4.76. The van der Waals surface area contributed by atoms with Gasteiger partial charge in [-0.2, -0.15) is 0 Å². The van der Waals surface area contributed by atoms with Gasteiger partial charge in [-0.3, -0.25) is 4.79 Å². The van der Waals surface area contributed by atoms with Crippen LogP contribution < -0.4 is 4.74 Å². The van der Waals surface area contributed by atoms with Crippen LogP contribution in [0.1, 0.15) is 15.2 Å². The predicted octanol–water partition coefficient (Wildman–Crippen LogP) is 3.16. The molecule has 0 atom stereocenters. The molecule has 0 unspecified atom stereocenters. The van der Waals surface area contributed by atoms with Crippen LogP contribution >= 0.6 is 11.3 Å². The van der Waals surface area contributed by atoms with Gasteiger partial charge in [0.2, 0.25) is 0 Å². The van der Waals surface area contributed by atoms with Gasteiger partial charge in [0.15, 0.2) is 5.78 Å². The SMILES string of the molecule is COc1cccc(C(=O)COCc2cccs2)c1. The first-order valence-electron chi connectivity index (χ1n) is 5.57. The van der Waals surface area contributed by atoms with E-state index in [4.69, 9.17) is 9.47 Å². The third-order valence-electron chi connectivity index (χ3n) is 2.45. The van der Waals surface area contributed by atoms with Crippen LogP contribution in [0.5, 0.6) is 5.75 Å². The van der Waals surface area contributed by atoms with Gasteiger partial charge in [0.05, 0.1) is 13.7 Å². The first-order chi connectivity index (χ1) is 8.79. The number of benzene rings is 1. The maximum absolute atomic E-state index is 11.9. The topological polar surface area (TPSA) is 35.5 Å². The van der Waals surface area contributed by atoms with E-state index in [2.05, 4.69) is 0 Å². The first kappa shape index (κ1) is 12.8. The monoisotopic (exact) mass is 262 g/mol. The van der Waals surface area contributed by atoms with E-state index >= 15 is 0 Å². The summed E-state index contributed by atoms with van der Waals surface area (Å²) in [4.78, 5) is 13.0. The Morgan fingerprint density at radius 2 is 2.17 bits per heavy atom. The average Bonchev–Trinajstić information content (AvgIpc) is 2.92. The van der Waals surface area contributed by atoms with Gasteiger partial charge in [-0.05, 0) is 23.6 Å². The molecule has 0 fully saturated rings. The summed E-state index contributed by atoms with van der Waals surface area (Å²) in [6.45, 7) is 0.568. The van der Waals surface area contributed by atoms with Gasteiger partial charge >= 0.3 is 0 Å². The smallest absolute Gasteiger partial charge is 0.188 e. The highest BCUT2D eigenvalue weighted by molar-refractivity contribution is 7.09. The number of ketones is 1. The van der Waals surface area contributed by atoms with Gasteiger partial charge in [-0.1, -0.05) is 18.2 Å². The van der Waals surface area contributed by atoms with Crippen LogP contribution in [0.4, 0.5) is 0 Å². The van der Waals surface area contributed by atoms with Gasteiger partial charge in [-0.25, -0.2) is 0 Å². The summed E-state index contributed by atoms with van der Waals surface area (Å²) in [6.07, 6.45) is 0.